The van der Waals surface area contributed by atoms with Crippen LogP contribution < -0.4 is 0 Å². The molecule has 0 saturated carbocycles. The zero-order valence-corrected chi connectivity index (χ0v) is 8.79. The number of thioether (sulfide) groups is 1. The minimum absolute atomic E-state index is 0.0917. The number of carbonyl (C=O) groups excluding carboxylic acids is 2. The molecule has 0 N–H and O–H groups in total. The monoisotopic (exact) mass is 232 g/mol. The second-order valence-electron chi connectivity index (χ2n) is 2.47. The Bertz CT molecular complexity index is 376. The molecule has 1 saturated heterocycles. The van der Waals surface area contributed by atoms with Crippen molar-refractivity contribution in [3.63, 3.8) is 0 Å². The zero-order valence-electron chi connectivity index (χ0n) is 6.26. The average molecular weight is 232 g/mol. The molecule has 1 atom stereocenters. The maximum absolute atomic E-state index is 11.3. The van der Waals surface area contributed by atoms with Crippen molar-refractivity contribution in [3.8, 4) is 0 Å². The molecule has 1 aliphatic heterocycles. The van der Waals surface area contributed by atoms with Crippen LogP contribution in [0.25, 0.3) is 0 Å². The smallest absolute Gasteiger partial charge is 0.206 e. The predicted octanol–water partition coefficient (Wildman–Crippen LogP) is 1.10. The Morgan fingerprint density at radius 3 is 2.62 bits per heavy atom. The molecule has 4 nitrogen and oxygen atoms in total. The van der Waals surface area contributed by atoms with Crippen LogP contribution in [0.3, 0.4) is 0 Å². The normalized spacial score (nSPS) is 22.7. The maximum Gasteiger partial charge on any atom is 0.206 e. The van der Waals surface area contributed by atoms with Crippen molar-refractivity contribution in [3.05, 3.63) is 5.01 Å². The molecule has 0 spiro atoms. The summed E-state index contributed by atoms with van der Waals surface area (Å²) in [6, 6.07) is 0. The Morgan fingerprint density at radius 1 is 1.38 bits per heavy atom. The van der Waals surface area contributed by atoms with E-state index in [1.165, 1.54) is 11.3 Å². The van der Waals surface area contributed by atoms with Crippen LogP contribution >= 0.6 is 35.7 Å². The number of hydrogen-bond acceptors (Lipinski definition) is 7. The van der Waals surface area contributed by atoms with Crippen LogP contribution in [0.15, 0.2) is 4.34 Å². The lowest BCUT2D eigenvalue weighted by molar-refractivity contribution is -0.113. The summed E-state index contributed by atoms with van der Waals surface area (Å²) < 4.78 is 0.521. The van der Waals surface area contributed by atoms with Crippen LogP contribution in [0.5, 0.6) is 0 Å². The Kier molecular flexibility index (Phi) is 2.39. The Balaban J connectivity index is 2.27. The maximum atomic E-state index is 11.3. The first-order valence-electron chi connectivity index (χ1n) is 3.43. The second kappa shape index (κ2) is 3.39. The summed E-state index contributed by atoms with van der Waals surface area (Å²) in [5.41, 5.74) is 0. The van der Waals surface area contributed by atoms with Crippen LogP contribution in [0, 0.1) is 0 Å². The summed E-state index contributed by atoms with van der Waals surface area (Å²) in [5.74, 6) is -0.393. The van der Waals surface area contributed by atoms with Gasteiger partial charge in [0.1, 0.15) is 5.01 Å². The molecule has 13 heavy (non-hydrogen) atoms. The Labute approximate surface area is 87.5 Å². The Hall–Kier alpha value is -0.400. The molecule has 2 rings (SSSR count). The number of nitrogens with zero attached hydrogens (tertiary/aromatic N) is 2. The first-order valence-corrected chi connectivity index (χ1v) is 5.51. The fraction of sp³-hybridized carbons (Fsp3) is 0.333. The van der Waals surface area contributed by atoms with E-state index in [1.54, 1.807) is 0 Å². The Morgan fingerprint density at radius 2 is 2.15 bits per heavy atom. The molecule has 0 bridgehead atoms. The summed E-state index contributed by atoms with van der Waals surface area (Å²) in [4.78, 5) is 22.2. The van der Waals surface area contributed by atoms with E-state index < -0.39 is 5.92 Å². The fourth-order valence-electron chi connectivity index (χ4n) is 1.03. The lowest BCUT2D eigenvalue weighted by Crippen LogP contribution is -2.01. The van der Waals surface area contributed by atoms with Crippen molar-refractivity contribution in [1.82, 2.24) is 10.2 Å². The molecule has 0 amide bonds. The second-order valence-corrected chi connectivity index (χ2v) is 5.27. The van der Waals surface area contributed by atoms with Crippen molar-refractivity contribution < 1.29 is 9.59 Å². The van der Waals surface area contributed by atoms with Gasteiger partial charge in [-0.25, -0.2) is 0 Å². The minimum Gasteiger partial charge on any atom is -0.287 e. The molecule has 1 unspecified atom stereocenters. The lowest BCUT2D eigenvalue weighted by Gasteiger charge is -1.96. The van der Waals surface area contributed by atoms with Crippen LogP contribution in [0.4, 0.5) is 0 Å². The molecule has 1 aromatic rings. The van der Waals surface area contributed by atoms with Gasteiger partial charge in [-0.2, -0.15) is 0 Å². The third kappa shape index (κ3) is 1.77. The minimum atomic E-state index is -0.393. The van der Waals surface area contributed by atoms with Crippen molar-refractivity contribution in [2.45, 2.75) is 16.7 Å². The first kappa shape index (κ1) is 9.17. The van der Waals surface area contributed by atoms with E-state index in [4.69, 9.17) is 0 Å². The third-order valence-corrected chi connectivity index (χ3v) is 3.68. The lowest BCUT2D eigenvalue weighted by atomic mass is 10.1. The van der Waals surface area contributed by atoms with Gasteiger partial charge in [0.25, 0.3) is 0 Å². The van der Waals surface area contributed by atoms with E-state index in [1.807, 2.05) is 0 Å². The molecule has 7 heteroatoms. The summed E-state index contributed by atoms with van der Waals surface area (Å²) >= 11 is 6.01. The van der Waals surface area contributed by atoms with Gasteiger partial charge in [0.15, 0.2) is 9.45 Å². The summed E-state index contributed by atoms with van der Waals surface area (Å²) in [6.45, 7) is 0. The van der Waals surface area contributed by atoms with Crippen LogP contribution in [-0.2, 0) is 9.59 Å². The van der Waals surface area contributed by atoms with E-state index in [0.717, 1.165) is 11.8 Å². The molecule has 1 aromatic heterocycles. The number of aromatic nitrogens is 2. The highest BCUT2D eigenvalue weighted by Gasteiger charge is 2.35. The molecular formula is C6H4N2O2S3. The van der Waals surface area contributed by atoms with Gasteiger partial charge in [-0.3, -0.25) is 9.59 Å². The van der Waals surface area contributed by atoms with Crippen molar-refractivity contribution >= 4 is 46.0 Å². The van der Waals surface area contributed by atoms with E-state index >= 15 is 0 Å². The molecule has 1 fully saturated rings. The van der Waals surface area contributed by atoms with Crippen molar-refractivity contribution in [2.24, 2.45) is 0 Å². The van der Waals surface area contributed by atoms with Crippen LogP contribution in [-0.4, -0.2) is 20.4 Å². The highest BCUT2D eigenvalue weighted by atomic mass is 32.2. The largest absolute Gasteiger partial charge is 0.287 e. The highest BCUT2D eigenvalue weighted by Crippen LogP contribution is 2.36. The standard InChI is InChI=1S/C6H4N2O2S3/c9-3-1-2(5(10)12-3)4-7-8-6(11)13-4/h2H,1H2,(H,8,11). The first-order chi connectivity index (χ1) is 6.16. The van der Waals surface area contributed by atoms with Crippen molar-refractivity contribution in [1.29, 1.82) is 0 Å². The van der Waals surface area contributed by atoms with Crippen LogP contribution in [0.2, 0.25) is 0 Å². The fourth-order valence-corrected chi connectivity index (χ4v) is 2.92. The molecular weight excluding hydrogens is 228 g/mol. The summed E-state index contributed by atoms with van der Waals surface area (Å²) in [5, 5.41) is 7.84. The molecule has 68 valence electrons. The van der Waals surface area contributed by atoms with Gasteiger partial charge in [0, 0.05) is 6.42 Å². The summed E-state index contributed by atoms with van der Waals surface area (Å²) in [6.07, 6.45) is 0.242. The van der Waals surface area contributed by atoms with Gasteiger partial charge in [0.05, 0.1) is 5.92 Å². The SMILES string of the molecule is O=C1CC(c2nnc(S)s2)C(=O)S1. The quantitative estimate of drug-likeness (QED) is 0.735. The topological polar surface area (TPSA) is 59.9 Å². The van der Waals surface area contributed by atoms with E-state index in [2.05, 4.69) is 22.8 Å². The van der Waals surface area contributed by atoms with Gasteiger partial charge >= 0.3 is 0 Å². The third-order valence-electron chi connectivity index (χ3n) is 1.60. The van der Waals surface area contributed by atoms with E-state index in [0.29, 0.717) is 9.35 Å². The van der Waals surface area contributed by atoms with Gasteiger partial charge < -0.3 is 0 Å². The average Bonchev–Trinajstić information content (AvgIpc) is 2.58. The van der Waals surface area contributed by atoms with Crippen LogP contribution in [0.1, 0.15) is 17.3 Å². The highest BCUT2D eigenvalue weighted by molar-refractivity contribution is 8.26. The number of carbonyl (C=O) groups is 2. The van der Waals surface area contributed by atoms with Gasteiger partial charge in [-0.05, 0) is 11.8 Å². The number of rotatable bonds is 1. The molecule has 0 aromatic carbocycles. The van der Waals surface area contributed by atoms with Gasteiger partial charge in [0.2, 0.25) is 5.12 Å². The van der Waals surface area contributed by atoms with Crippen molar-refractivity contribution in [2.75, 3.05) is 0 Å². The van der Waals surface area contributed by atoms with Gasteiger partial charge in [-0.1, -0.05) is 11.3 Å². The molecule has 1 aliphatic rings. The summed E-state index contributed by atoms with van der Waals surface area (Å²) in [7, 11) is 0. The molecule has 0 aliphatic carbocycles. The number of hydrogen-bond donors (Lipinski definition) is 1. The molecule has 2 heterocycles. The molecule has 0 radical (unpaired) electrons. The predicted molar refractivity (Wildman–Crippen MR) is 52.1 cm³/mol. The zero-order chi connectivity index (χ0) is 9.42. The number of thiol groups is 1. The van der Waals surface area contributed by atoms with E-state index in [9.17, 15) is 9.59 Å². The van der Waals surface area contributed by atoms with Gasteiger partial charge in [-0.15, -0.1) is 22.8 Å². The van der Waals surface area contributed by atoms with E-state index in [-0.39, 0.29) is 16.7 Å².